The van der Waals surface area contributed by atoms with E-state index in [0.717, 1.165) is 12.8 Å². The average Bonchev–Trinajstić information content (AvgIpc) is 2.15. The van der Waals surface area contributed by atoms with Crippen LogP contribution in [0.15, 0.2) is 16.8 Å². The summed E-state index contributed by atoms with van der Waals surface area (Å²) in [7, 11) is 0. The van der Waals surface area contributed by atoms with Crippen molar-refractivity contribution < 1.29 is 0 Å². The highest BCUT2D eigenvalue weighted by Gasteiger charge is 2.04. The van der Waals surface area contributed by atoms with E-state index in [9.17, 15) is 0 Å². The summed E-state index contributed by atoms with van der Waals surface area (Å²) in [6.45, 7) is 10.9. The molecule has 0 aromatic rings. The van der Waals surface area contributed by atoms with E-state index in [1.54, 1.807) is 0 Å². The van der Waals surface area contributed by atoms with E-state index in [2.05, 4.69) is 45.7 Å². The molecule has 0 spiro atoms. The summed E-state index contributed by atoms with van der Waals surface area (Å²) in [4.78, 5) is 4.63. The van der Waals surface area contributed by atoms with Crippen molar-refractivity contribution in [2.45, 2.75) is 53.9 Å². The second kappa shape index (κ2) is 6.88. The largest absolute Gasteiger partial charge is 0.263 e. The van der Waals surface area contributed by atoms with E-state index in [-0.39, 0.29) is 0 Å². The fourth-order valence-electron chi connectivity index (χ4n) is 1.07. The Bertz CT molecular complexity index is 189. The van der Waals surface area contributed by atoms with Crippen LogP contribution in [0.1, 0.15) is 53.9 Å². The van der Waals surface area contributed by atoms with Gasteiger partial charge in [-0.15, -0.1) is 0 Å². The van der Waals surface area contributed by atoms with Crippen LogP contribution in [0.25, 0.3) is 0 Å². The third kappa shape index (κ3) is 4.87. The molecule has 0 aromatic carbocycles. The first-order valence-corrected chi connectivity index (χ1v) is 5.39. The van der Waals surface area contributed by atoms with Gasteiger partial charge in [0.05, 0.1) is 0 Å². The number of nitrogens with zero attached hydrogens (tertiary/aromatic N) is 1. The first-order chi connectivity index (χ1) is 6.15. The molecule has 0 heterocycles. The molecule has 1 atom stereocenters. The van der Waals surface area contributed by atoms with E-state index >= 15 is 0 Å². The maximum absolute atomic E-state index is 4.63. The Balaban J connectivity index is 4.53. The summed E-state index contributed by atoms with van der Waals surface area (Å²) in [5, 5.41) is 0. The van der Waals surface area contributed by atoms with Crippen molar-refractivity contribution in [2.75, 3.05) is 0 Å². The summed E-state index contributed by atoms with van der Waals surface area (Å²) in [5.74, 6) is 0.599. The Hall–Kier alpha value is -0.590. The van der Waals surface area contributed by atoms with Crippen molar-refractivity contribution in [3.63, 3.8) is 0 Å². The van der Waals surface area contributed by atoms with Gasteiger partial charge in [-0.1, -0.05) is 33.8 Å². The van der Waals surface area contributed by atoms with Crippen LogP contribution in [0, 0.1) is 5.92 Å². The number of hydrogen-bond donors (Lipinski definition) is 0. The fourth-order valence-corrected chi connectivity index (χ4v) is 1.07. The Morgan fingerprint density at radius 2 is 1.92 bits per heavy atom. The van der Waals surface area contributed by atoms with E-state index in [4.69, 9.17) is 0 Å². The lowest BCUT2D eigenvalue weighted by Gasteiger charge is -2.10. The van der Waals surface area contributed by atoms with E-state index in [0.29, 0.717) is 5.92 Å². The third-order valence-electron chi connectivity index (χ3n) is 2.36. The van der Waals surface area contributed by atoms with Crippen molar-refractivity contribution in [1.29, 1.82) is 0 Å². The minimum absolute atomic E-state index is 0.599. The van der Waals surface area contributed by atoms with Gasteiger partial charge in [-0.25, -0.2) is 0 Å². The molecule has 0 saturated heterocycles. The maximum Gasteiger partial charge on any atom is 0.0391 e. The Labute approximate surface area is 83.0 Å². The SMILES string of the molecule is CC/C=C(\N=C(C)CC)C(C)CC. The molecular formula is C12H23N. The quantitative estimate of drug-likeness (QED) is 0.564. The zero-order chi connectivity index (χ0) is 10.3. The van der Waals surface area contributed by atoms with Crippen LogP contribution in [-0.2, 0) is 0 Å². The number of rotatable bonds is 5. The summed E-state index contributed by atoms with van der Waals surface area (Å²) in [6, 6.07) is 0. The van der Waals surface area contributed by atoms with E-state index < -0.39 is 0 Å². The van der Waals surface area contributed by atoms with Crippen molar-refractivity contribution >= 4 is 5.71 Å². The lowest BCUT2D eigenvalue weighted by Crippen LogP contribution is -1.98. The smallest absolute Gasteiger partial charge is 0.0391 e. The minimum Gasteiger partial charge on any atom is -0.263 e. The standard InChI is InChI=1S/C12H23N/c1-6-9-12(10(4)7-2)13-11(5)8-3/h9-10H,6-8H2,1-5H3/b12-9-,13-11?. The summed E-state index contributed by atoms with van der Waals surface area (Å²) >= 11 is 0. The molecule has 0 aliphatic carbocycles. The number of allylic oxidation sites excluding steroid dienone is 2. The van der Waals surface area contributed by atoms with Gasteiger partial charge in [-0.3, -0.25) is 4.99 Å². The van der Waals surface area contributed by atoms with Crippen LogP contribution >= 0.6 is 0 Å². The lowest BCUT2D eigenvalue weighted by atomic mass is 10.0. The third-order valence-corrected chi connectivity index (χ3v) is 2.36. The van der Waals surface area contributed by atoms with Crippen molar-refractivity contribution in [1.82, 2.24) is 0 Å². The van der Waals surface area contributed by atoms with E-state index in [1.165, 1.54) is 17.8 Å². The second-order valence-corrected chi connectivity index (χ2v) is 3.55. The van der Waals surface area contributed by atoms with Gasteiger partial charge in [0.15, 0.2) is 0 Å². The molecular weight excluding hydrogens is 158 g/mol. The fraction of sp³-hybridized carbons (Fsp3) is 0.750. The van der Waals surface area contributed by atoms with Gasteiger partial charge in [-0.2, -0.15) is 0 Å². The Kier molecular flexibility index (Phi) is 6.56. The topological polar surface area (TPSA) is 12.4 Å². The van der Waals surface area contributed by atoms with Gasteiger partial charge in [0.1, 0.15) is 0 Å². The molecule has 0 aliphatic heterocycles. The molecule has 0 amide bonds. The molecule has 0 radical (unpaired) electrons. The lowest BCUT2D eigenvalue weighted by molar-refractivity contribution is 0.644. The number of aliphatic imine (C=N–C) groups is 1. The first kappa shape index (κ1) is 12.4. The van der Waals surface area contributed by atoms with Gasteiger partial charge in [0.25, 0.3) is 0 Å². The van der Waals surface area contributed by atoms with Crippen LogP contribution in [0.5, 0.6) is 0 Å². The molecule has 0 N–H and O–H groups in total. The molecule has 13 heavy (non-hydrogen) atoms. The Morgan fingerprint density at radius 1 is 1.31 bits per heavy atom. The van der Waals surface area contributed by atoms with Crippen LogP contribution in [0.4, 0.5) is 0 Å². The normalized spacial score (nSPS) is 16.1. The second-order valence-electron chi connectivity index (χ2n) is 3.55. The highest BCUT2D eigenvalue weighted by Crippen LogP contribution is 2.16. The molecule has 0 rings (SSSR count). The monoisotopic (exact) mass is 181 g/mol. The van der Waals surface area contributed by atoms with Crippen molar-refractivity contribution in [2.24, 2.45) is 10.9 Å². The summed E-state index contributed by atoms with van der Waals surface area (Å²) < 4.78 is 0. The highest BCUT2D eigenvalue weighted by atomic mass is 14.8. The molecule has 1 unspecified atom stereocenters. The average molecular weight is 181 g/mol. The number of hydrogen-bond acceptors (Lipinski definition) is 1. The van der Waals surface area contributed by atoms with Crippen LogP contribution in [0.3, 0.4) is 0 Å². The zero-order valence-corrected chi connectivity index (χ0v) is 9.72. The summed E-state index contributed by atoms with van der Waals surface area (Å²) in [5.41, 5.74) is 2.50. The molecule has 0 aromatic heterocycles. The molecule has 76 valence electrons. The van der Waals surface area contributed by atoms with Gasteiger partial charge in [0, 0.05) is 11.4 Å². The van der Waals surface area contributed by atoms with Crippen LogP contribution in [0.2, 0.25) is 0 Å². The minimum atomic E-state index is 0.599. The van der Waals surface area contributed by atoms with Crippen molar-refractivity contribution in [3.05, 3.63) is 11.8 Å². The molecule has 0 fully saturated rings. The molecule has 0 saturated carbocycles. The Morgan fingerprint density at radius 3 is 2.31 bits per heavy atom. The zero-order valence-electron chi connectivity index (χ0n) is 9.72. The highest BCUT2D eigenvalue weighted by molar-refractivity contribution is 5.82. The predicted octanol–water partition coefficient (Wildman–Crippen LogP) is 4.20. The van der Waals surface area contributed by atoms with Gasteiger partial charge >= 0.3 is 0 Å². The molecule has 1 nitrogen and oxygen atoms in total. The van der Waals surface area contributed by atoms with E-state index in [1.807, 2.05) is 0 Å². The summed E-state index contributed by atoms with van der Waals surface area (Å²) in [6.07, 6.45) is 5.55. The van der Waals surface area contributed by atoms with Crippen LogP contribution in [-0.4, -0.2) is 5.71 Å². The van der Waals surface area contributed by atoms with Crippen LogP contribution < -0.4 is 0 Å². The van der Waals surface area contributed by atoms with Gasteiger partial charge < -0.3 is 0 Å². The van der Waals surface area contributed by atoms with Gasteiger partial charge in [0.2, 0.25) is 0 Å². The predicted molar refractivity (Wildman–Crippen MR) is 61.2 cm³/mol. The van der Waals surface area contributed by atoms with Gasteiger partial charge in [-0.05, 0) is 32.1 Å². The van der Waals surface area contributed by atoms with Crippen molar-refractivity contribution in [3.8, 4) is 0 Å². The maximum atomic E-state index is 4.63. The molecule has 1 heteroatoms. The molecule has 0 aliphatic rings. The molecule has 0 bridgehead atoms. The first-order valence-electron chi connectivity index (χ1n) is 5.39.